The van der Waals surface area contributed by atoms with Crippen LogP contribution < -0.4 is 4.74 Å². The summed E-state index contributed by atoms with van der Waals surface area (Å²) in [5, 5.41) is 10.1. The highest BCUT2D eigenvalue weighted by atomic mass is 19.4. The molecule has 3 unspecified atom stereocenters. The number of fused-ring (bicyclic) bond motifs is 1. The highest BCUT2D eigenvalue weighted by molar-refractivity contribution is 5.89. The molecule has 0 spiro atoms. The van der Waals surface area contributed by atoms with Crippen molar-refractivity contribution in [3.63, 3.8) is 0 Å². The molecule has 192 valence electrons. The Morgan fingerprint density at radius 2 is 1.80 bits per heavy atom. The minimum absolute atomic E-state index is 0.0217. The van der Waals surface area contributed by atoms with Crippen LogP contribution in [0.4, 0.5) is 13.2 Å². The Morgan fingerprint density at radius 3 is 2.37 bits per heavy atom. The van der Waals surface area contributed by atoms with Gasteiger partial charge < -0.3 is 9.84 Å². The summed E-state index contributed by atoms with van der Waals surface area (Å²) in [6.45, 7) is 8.13. The molecule has 2 saturated carbocycles. The second-order valence-electron chi connectivity index (χ2n) is 11.4. The van der Waals surface area contributed by atoms with Gasteiger partial charge in [0.15, 0.2) is 0 Å². The molecule has 35 heavy (non-hydrogen) atoms. The van der Waals surface area contributed by atoms with Gasteiger partial charge in [-0.1, -0.05) is 58.4 Å². The molecule has 0 bridgehead atoms. The largest absolute Gasteiger partial charge is 0.490 e. The molecule has 1 N–H and O–H groups in total. The first kappa shape index (κ1) is 25.8. The quantitative estimate of drug-likeness (QED) is 0.423. The number of benzene rings is 2. The van der Waals surface area contributed by atoms with Crippen molar-refractivity contribution in [1.29, 1.82) is 0 Å². The maximum Gasteiger partial charge on any atom is 0.420 e. The molecule has 2 aromatic carbocycles. The Bertz CT molecular complexity index is 1070. The van der Waals surface area contributed by atoms with Crippen molar-refractivity contribution in [2.45, 2.75) is 90.8 Å². The molecule has 0 saturated heterocycles. The van der Waals surface area contributed by atoms with Gasteiger partial charge >= 0.3 is 12.1 Å². The molecule has 0 heterocycles. The summed E-state index contributed by atoms with van der Waals surface area (Å²) >= 11 is 0. The molecule has 3 nitrogen and oxygen atoms in total. The van der Waals surface area contributed by atoms with E-state index in [1.165, 1.54) is 6.07 Å². The SMILES string of the molecule is CCC1CCC(Oc2ccc3ccc(C(C)CC4CC(C(=O)O)C4(C)C)cc3c2C(F)(F)F)CC1. The Morgan fingerprint density at radius 1 is 1.14 bits per heavy atom. The molecule has 2 aliphatic carbocycles. The van der Waals surface area contributed by atoms with Gasteiger partial charge in [-0.15, -0.1) is 0 Å². The van der Waals surface area contributed by atoms with Crippen LogP contribution in [0, 0.1) is 23.2 Å². The van der Waals surface area contributed by atoms with Gasteiger partial charge in [0.2, 0.25) is 0 Å². The predicted molar refractivity (Wildman–Crippen MR) is 132 cm³/mol. The van der Waals surface area contributed by atoms with Gasteiger partial charge in [0, 0.05) is 0 Å². The van der Waals surface area contributed by atoms with Gasteiger partial charge in [-0.3, -0.25) is 4.79 Å². The number of carboxylic acid groups (broad SMARTS) is 1. The summed E-state index contributed by atoms with van der Waals surface area (Å²) in [5.41, 5.74) is -0.152. The lowest BCUT2D eigenvalue weighted by Gasteiger charge is -2.51. The minimum Gasteiger partial charge on any atom is -0.490 e. The van der Waals surface area contributed by atoms with Gasteiger partial charge in [0.1, 0.15) is 11.3 Å². The Balaban J connectivity index is 1.60. The number of alkyl halides is 3. The van der Waals surface area contributed by atoms with Crippen molar-refractivity contribution in [3.8, 4) is 5.75 Å². The van der Waals surface area contributed by atoms with Crippen LogP contribution in [-0.4, -0.2) is 17.2 Å². The number of carbonyl (C=O) groups is 1. The summed E-state index contributed by atoms with van der Waals surface area (Å²) in [6, 6.07) is 8.53. The zero-order valence-electron chi connectivity index (χ0n) is 21.1. The fourth-order valence-corrected chi connectivity index (χ4v) is 6.25. The van der Waals surface area contributed by atoms with Crippen LogP contribution in [0.2, 0.25) is 0 Å². The highest BCUT2D eigenvalue weighted by Crippen LogP contribution is 2.55. The van der Waals surface area contributed by atoms with Gasteiger partial charge in [0.05, 0.1) is 12.0 Å². The summed E-state index contributed by atoms with van der Waals surface area (Å²) in [4.78, 5) is 11.5. The van der Waals surface area contributed by atoms with Crippen molar-refractivity contribution in [2.24, 2.45) is 23.2 Å². The average molecular weight is 491 g/mol. The number of aliphatic carboxylic acids is 1. The van der Waals surface area contributed by atoms with Crippen molar-refractivity contribution < 1.29 is 27.8 Å². The van der Waals surface area contributed by atoms with Crippen LogP contribution in [0.5, 0.6) is 5.75 Å². The van der Waals surface area contributed by atoms with Gasteiger partial charge in [-0.2, -0.15) is 13.2 Å². The topological polar surface area (TPSA) is 46.5 Å². The van der Waals surface area contributed by atoms with E-state index in [0.29, 0.717) is 17.7 Å². The van der Waals surface area contributed by atoms with Gasteiger partial charge in [-0.05, 0) is 84.1 Å². The maximum absolute atomic E-state index is 14.3. The highest BCUT2D eigenvalue weighted by Gasteiger charge is 2.51. The minimum atomic E-state index is -4.53. The maximum atomic E-state index is 14.3. The van der Waals surface area contributed by atoms with Gasteiger partial charge in [-0.25, -0.2) is 0 Å². The monoisotopic (exact) mass is 490 g/mol. The number of carboxylic acids is 1. The lowest BCUT2D eigenvalue weighted by molar-refractivity contribution is -0.159. The number of rotatable bonds is 7. The first-order chi connectivity index (χ1) is 16.4. The van der Waals surface area contributed by atoms with Gasteiger partial charge in [0.25, 0.3) is 0 Å². The first-order valence-corrected chi connectivity index (χ1v) is 12.9. The normalized spacial score (nSPS) is 27.3. The molecule has 2 aliphatic rings. The summed E-state index contributed by atoms with van der Waals surface area (Å²) in [7, 11) is 0. The molecular formula is C29H37F3O3. The molecule has 0 amide bonds. The fraction of sp³-hybridized carbons (Fsp3) is 0.621. The summed E-state index contributed by atoms with van der Waals surface area (Å²) in [6.07, 6.45) is 1.34. The lowest BCUT2D eigenvalue weighted by Crippen LogP contribution is -2.49. The zero-order valence-corrected chi connectivity index (χ0v) is 21.1. The van der Waals surface area contributed by atoms with E-state index in [2.05, 4.69) is 6.92 Å². The molecular weight excluding hydrogens is 453 g/mol. The molecule has 0 radical (unpaired) electrons. The Hall–Kier alpha value is -2.24. The predicted octanol–water partition coefficient (Wildman–Crippen LogP) is 8.45. The van der Waals surface area contributed by atoms with Crippen LogP contribution in [-0.2, 0) is 11.0 Å². The molecule has 0 aliphatic heterocycles. The van der Waals surface area contributed by atoms with Crippen molar-refractivity contribution in [3.05, 3.63) is 41.5 Å². The van der Waals surface area contributed by atoms with E-state index in [4.69, 9.17) is 4.74 Å². The second kappa shape index (κ2) is 9.67. The second-order valence-corrected chi connectivity index (χ2v) is 11.4. The van der Waals surface area contributed by atoms with Crippen LogP contribution >= 0.6 is 0 Å². The number of ether oxygens (including phenoxy) is 1. The third kappa shape index (κ3) is 5.17. The van der Waals surface area contributed by atoms with E-state index < -0.39 is 17.7 Å². The molecule has 6 heteroatoms. The Labute approximate surface area is 206 Å². The van der Waals surface area contributed by atoms with Crippen LogP contribution in [0.1, 0.15) is 89.7 Å². The Kier molecular flexibility index (Phi) is 7.14. The van der Waals surface area contributed by atoms with E-state index >= 15 is 0 Å². The van der Waals surface area contributed by atoms with Crippen LogP contribution in [0.15, 0.2) is 30.3 Å². The van der Waals surface area contributed by atoms with Crippen LogP contribution in [0.25, 0.3) is 10.8 Å². The van der Waals surface area contributed by atoms with Crippen LogP contribution in [0.3, 0.4) is 0 Å². The summed E-state index contributed by atoms with van der Waals surface area (Å²) < 4.78 is 49.0. The standard InChI is InChI=1S/C29H37F3O3/c1-5-18-6-11-22(12-7-18)35-25-13-10-19-8-9-20(15-23(19)26(25)29(30,31)32)17(2)14-21-16-24(27(33)34)28(21,3)4/h8-10,13,15,17-18,21-22,24H,5-7,11-12,14,16H2,1-4H3,(H,33,34). The first-order valence-electron chi connectivity index (χ1n) is 12.9. The average Bonchev–Trinajstić information content (AvgIpc) is 2.80. The van der Waals surface area contributed by atoms with E-state index in [9.17, 15) is 23.1 Å². The van der Waals surface area contributed by atoms with E-state index in [0.717, 1.165) is 44.1 Å². The molecule has 2 aromatic rings. The fourth-order valence-electron chi connectivity index (χ4n) is 6.25. The molecule has 4 rings (SSSR count). The molecule has 3 atom stereocenters. The zero-order chi connectivity index (χ0) is 25.5. The number of hydrogen-bond acceptors (Lipinski definition) is 2. The van der Waals surface area contributed by atoms with Crippen molar-refractivity contribution >= 4 is 16.7 Å². The van der Waals surface area contributed by atoms with Crippen molar-refractivity contribution in [1.82, 2.24) is 0 Å². The number of halogens is 3. The van der Waals surface area contributed by atoms with E-state index in [-0.39, 0.29) is 40.4 Å². The van der Waals surface area contributed by atoms with Crippen molar-refractivity contribution in [2.75, 3.05) is 0 Å². The third-order valence-corrected chi connectivity index (χ3v) is 8.93. The smallest absolute Gasteiger partial charge is 0.420 e. The molecule has 2 fully saturated rings. The number of hydrogen-bond donors (Lipinski definition) is 1. The molecule has 0 aromatic heterocycles. The summed E-state index contributed by atoms with van der Waals surface area (Å²) in [5.74, 6) is -0.309. The van der Waals surface area contributed by atoms with E-state index in [1.54, 1.807) is 18.2 Å². The lowest BCUT2D eigenvalue weighted by atomic mass is 9.53. The third-order valence-electron chi connectivity index (χ3n) is 8.93. The van der Waals surface area contributed by atoms with E-state index in [1.807, 2.05) is 26.8 Å².